The zero-order valence-corrected chi connectivity index (χ0v) is 12.0. The molecular weight excluding hydrogens is 277 g/mol. The molecule has 1 aliphatic carbocycles. The topological polar surface area (TPSA) is 9.23 Å². The first-order valence-electron chi connectivity index (χ1n) is 7.20. The molecule has 0 aromatic heterocycles. The van der Waals surface area contributed by atoms with Crippen molar-refractivity contribution in [3.05, 3.63) is 54.1 Å². The summed E-state index contributed by atoms with van der Waals surface area (Å²) in [6.45, 7) is 1.88. The molecule has 1 fully saturated rings. The van der Waals surface area contributed by atoms with Crippen molar-refractivity contribution in [3.63, 3.8) is 0 Å². The van der Waals surface area contributed by atoms with E-state index in [9.17, 15) is 13.2 Å². The van der Waals surface area contributed by atoms with E-state index in [1.54, 1.807) is 12.3 Å². The number of hydrogen-bond donors (Lipinski definition) is 0. The number of halogens is 3. The summed E-state index contributed by atoms with van der Waals surface area (Å²) in [5.74, 6) is -0.751. The Labute approximate surface area is 123 Å². The second kappa shape index (κ2) is 7.34. The predicted octanol–water partition coefficient (Wildman–Crippen LogP) is 5.95. The van der Waals surface area contributed by atoms with E-state index in [1.165, 1.54) is 0 Å². The fourth-order valence-corrected chi connectivity index (χ4v) is 2.80. The lowest BCUT2D eigenvalue weighted by atomic mass is 9.78. The van der Waals surface area contributed by atoms with Crippen LogP contribution in [0.25, 0.3) is 0 Å². The number of allylic oxidation sites excluding steroid dienone is 2. The Bertz CT molecular complexity index is 507. The van der Waals surface area contributed by atoms with Crippen LogP contribution in [0.3, 0.4) is 0 Å². The highest BCUT2D eigenvalue weighted by atomic mass is 19.3. The fourth-order valence-electron chi connectivity index (χ4n) is 2.80. The first-order valence-corrected chi connectivity index (χ1v) is 7.20. The van der Waals surface area contributed by atoms with Gasteiger partial charge in [-0.05, 0) is 56.2 Å². The van der Waals surface area contributed by atoms with E-state index in [2.05, 4.69) is 0 Å². The molecule has 21 heavy (non-hydrogen) atoms. The highest BCUT2D eigenvalue weighted by molar-refractivity contribution is 5.30. The Hall–Kier alpha value is -1.71. The molecule has 0 amide bonds. The first kappa shape index (κ1) is 15.7. The second-order valence-electron chi connectivity index (χ2n) is 5.31. The van der Waals surface area contributed by atoms with Gasteiger partial charge in [0.15, 0.2) is 5.83 Å². The quantitative estimate of drug-likeness (QED) is 0.624. The van der Waals surface area contributed by atoms with Gasteiger partial charge in [-0.1, -0.05) is 18.2 Å². The van der Waals surface area contributed by atoms with Crippen LogP contribution in [0.2, 0.25) is 0 Å². The van der Waals surface area contributed by atoms with Crippen LogP contribution in [0.5, 0.6) is 5.75 Å². The molecule has 1 nitrogen and oxygen atoms in total. The summed E-state index contributed by atoms with van der Waals surface area (Å²) in [5, 5.41) is 0. The molecule has 1 aromatic carbocycles. The van der Waals surface area contributed by atoms with Crippen molar-refractivity contribution in [2.75, 3.05) is 0 Å². The van der Waals surface area contributed by atoms with E-state index in [1.807, 2.05) is 31.2 Å². The molecule has 0 atom stereocenters. The molecule has 0 heterocycles. The van der Waals surface area contributed by atoms with Gasteiger partial charge in [-0.2, -0.15) is 8.78 Å². The molecule has 2 rings (SSSR count). The van der Waals surface area contributed by atoms with Crippen molar-refractivity contribution >= 4 is 0 Å². The van der Waals surface area contributed by atoms with E-state index >= 15 is 0 Å². The molecule has 1 aliphatic rings. The highest BCUT2D eigenvalue weighted by Gasteiger charge is 2.27. The summed E-state index contributed by atoms with van der Waals surface area (Å²) in [7, 11) is 0. The lowest BCUT2D eigenvalue weighted by Crippen LogP contribution is -2.14. The standard InChI is InChI=1S/C17H19F3O/c1-2-11-21-15-9-7-13(8-10-15)12-3-5-14(6-4-12)16(18)17(19)20/h2,7-12,14H,3-6H2,1H3/b11-2+. The molecule has 114 valence electrons. The minimum absolute atomic E-state index is 0.312. The SMILES string of the molecule is C/C=C/Oc1ccc(C2CCC(C(F)=C(F)F)CC2)cc1. The minimum Gasteiger partial charge on any atom is -0.465 e. The first-order chi connectivity index (χ1) is 10.1. The van der Waals surface area contributed by atoms with Gasteiger partial charge in [0.2, 0.25) is 0 Å². The third-order valence-corrected chi connectivity index (χ3v) is 3.96. The van der Waals surface area contributed by atoms with Crippen LogP contribution in [-0.4, -0.2) is 0 Å². The number of rotatable bonds is 4. The lowest BCUT2D eigenvalue weighted by Gasteiger charge is -2.27. The molecule has 1 saturated carbocycles. The zero-order chi connectivity index (χ0) is 15.2. The maximum Gasteiger partial charge on any atom is 0.301 e. The van der Waals surface area contributed by atoms with Gasteiger partial charge in [-0.15, -0.1) is 0 Å². The second-order valence-corrected chi connectivity index (χ2v) is 5.31. The zero-order valence-electron chi connectivity index (χ0n) is 12.0. The van der Waals surface area contributed by atoms with Crippen LogP contribution in [0.1, 0.15) is 44.1 Å². The Morgan fingerprint density at radius 1 is 1.05 bits per heavy atom. The van der Waals surface area contributed by atoms with Crippen molar-refractivity contribution in [1.29, 1.82) is 0 Å². The average Bonchev–Trinajstić information content (AvgIpc) is 2.53. The number of benzene rings is 1. The lowest BCUT2D eigenvalue weighted by molar-refractivity contribution is 0.281. The van der Waals surface area contributed by atoms with Crippen molar-refractivity contribution in [1.82, 2.24) is 0 Å². The van der Waals surface area contributed by atoms with Crippen LogP contribution in [0.4, 0.5) is 13.2 Å². The van der Waals surface area contributed by atoms with Gasteiger partial charge in [-0.25, -0.2) is 4.39 Å². The minimum atomic E-state index is -2.16. The van der Waals surface area contributed by atoms with Crippen LogP contribution in [0.15, 0.2) is 48.5 Å². The van der Waals surface area contributed by atoms with Gasteiger partial charge in [0.25, 0.3) is 0 Å². The van der Waals surface area contributed by atoms with Gasteiger partial charge in [0.1, 0.15) is 5.75 Å². The number of hydrogen-bond acceptors (Lipinski definition) is 1. The van der Waals surface area contributed by atoms with Crippen molar-refractivity contribution in [2.24, 2.45) is 5.92 Å². The predicted molar refractivity (Wildman–Crippen MR) is 76.9 cm³/mol. The van der Waals surface area contributed by atoms with Gasteiger partial charge in [0.05, 0.1) is 6.26 Å². The normalized spacial score (nSPS) is 22.3. The maximum atomic E-state index is 13.2. The molecule has 0 radical (unpaired) electrons. The van der Waals surface area contributed by atoms with Crippen molar-refractivity contribution in [2.45, 2.75) is 38.5 Å². The summed E-state index contributed by atoms with van der Waals surface area (Å²) in [6.07, 6.45) is 3.68. The summed E-state index contributed by atoms with van der Waals surface area (Å²) in [4.78, 5) is 0. The van der Waals surface area contributed by atoms with E-state index in [0.29, 0.717) is 18.8 Å². The molecule has 4 heteroatoms. The monoisotopic (exact) mass is 296 g/mol. The van der Waals surface area contributed by atoms with Crippen LogP contribution in [0, 0.1) is 5.92 Å². The third-order valence-electron chi connectivity index (χ3n) is 3.96. The van der Waals surface area contributed by atoms with Crippen LogP contribution < -0.4 is 4.74 Å². The van der Waals surface area contributed by atoms with Gasteiger partial charge >= 0.3 is 6.08 Å². The van der Waals surface area contributed by atoms with E-state index < -0.39 is 17.8 Å². The van der Waals surface area contributed by atoms with Crippen LogP contribution >= 0.6 is 0 Å². The van der Waals surface area contributed by atoms with Crippen molar-refractivity contribution < 1.29 is 17.9 Å². The molecule has 1 aromatic rings. The summed E-state index contributed by atoms with van der Waals surface area (Å²) >= 11 is 0. The van der Waals surface area contributed by atoms with Gasteiger partial charge < -0.3 is 4.74 Å². The smallest absolute Gasteiger partial charge is 0.301 e. The Morgan fingerprint density at radius 2 is 1.67 bits per heavy atom. The highest BCUT2D eigenvalue weighted by Crippen LogP contribution is 2.40. The fraction of sp³-hybridized carbons (Fsp3) is 0.412. The van der Waals surface area contributed by atoms with Gasteiger partial charge in [0, 0.05) is 5.92 Å². The van der Waals surface area contributed by atoms with E-state index in [-0.39, 0.29) is 0 Å². The average molecular weight is 296 g/mol. The molecule has 0 bridgehead atoms. The third kappa shape index (κ3) is 4.13. The Kier molecular flexibility index (Phi) is 5.48. The van der Waals surface area contributed by atoms with E-state index in [4.69, 9.17) is 4.74 Å². The maximum absolute atomic E-state index is 13.2. The van der Waals surface area contributed by atoms with Gasteiger partial charge in [-0.3, -0.25) is 0 Å². The molecule has 0 N–H and O–H groups in total. The molecular formula is C17H19F3O. The number of ether oxygens (including phenoxy) is 1. The molecule has 0 saturated heterocycles. The largest absolute Gasteiger partial charge is 0.465 e. The summed E-state index contributed by atoms with van der Waals surface area (Å²) in [5.41, 5.74) is 1.16. The molecule has 0 aliphatic heterocycles. The van der Waals surface area contributed by atoms with Crippen LogP contribution in [-0.2, 0) is 0 Å². The van der Waals surface area contributed by atoms with Crippen molar-refractivity contribution in [3.8, 4) is 5.75 Å². The molecule has 0 spiro atoms. The summed E-state index contributed by atoms with van der Waals surface area (Å²) in [6, 6.07) is 7.77. The van der Waals surface area contributed by atoms with E-state index in [0.717, 1.165) is 24.2 Å². The Morgan fingerprint density at radius 3 is 2.19 bits per heavy atom. The summed E-state index contributed by atoms with van der Waals surface area (Å²) < 4.78 is 43.1. The Balaban J connectivity index is 1.94. The molecule has 0 unspecified atom stereocenters.